The molecule has 1 heterocycles. The molecule has 0 spiro atoms. The van der Waals surface area contributed by atoms with Crippen LogP contribution in [0, 0.1) is 11.7 Å². The Morgan fingerprint density at radius 3 is 2.56 bits per heavy atom. The smallest absolute Gasteiger partial charge is 0.407 e. The van der Waals surface area contributed by atoms with Gasteiger partial charge in [0.1, 0.15) is 5.82 Å². The maximum Gasteiger partial charge on any atom is 0.407 e. The number of methoxy groups -OCH3 is 1. The summed E-state index contributed by atoms with van der Waals surface area (Å²) in [5.74, 6) is -0.510. The Bertz CT molecular complexity index is 910. The number of carbonyl (C=O) groups is 1. The van der Waals surface area contributed by atoms with Gasteiger partial charge in [0.05, 0.1) is 5.60 Å². The van der Waals surface area contributed by atoms with E-state index in [1.165, 1.54) is 11.0 Å². The van der Waals surface area contributed by atoms with Crippen LogP contribution in [-0.4, -0.2) is 48.0 Å². The third-order valence-corrected chi connectivity index (χ3v) is 6.70. The summed E-state index contributed by atoms with van der Waals surface area (Å²) in [7, 11) is 1.65. The minimum absolute atomic E-state index is 0.157. The Labute approximate surface area is 189 Å². The lowest BCUT2D eigenvalue weighted by Gasteiger charge is -2.42. The number of aliphatic hydroxyl groups is 1. The number of likely N-dealkylation sites (tertiary alicyclic amines) is 1. The van der Waals surface area contributed by atoms with Crippen molar-refractivity contribution >= 4 is 6.09 Å². The van der Waals surface area contributed by atoms with Crippen molar-refractivity contribution in [3.8, 4) is 11.1 Å². The summed E-state index contributed by atoms with van der Waals surface area (Å²) in [5.41, 5.74) is 1.65. The molecule has 1 unspecified atom stereocenters. The van der Waals surface area contributed by atoms with Gasteiger partial charge in [-0.15, -0.1) is 0 Å². The van der Waals surface area contributed by atoms with Crippen molar-refractivity contribution in [1.29, 1.82) is 0 Å². The molecule has 1 saturated heterocycles. The molecule has 32 heavy (non-hydrogen) atoms. The van der Waals surface area contributed by atoms with E-state index in [4.69, 9.17) is 4.74 Å². The lowest BCUT2D eigenvalue weighted by molar-refractivity contribution is -0.0555. The highest BCUT2D eigenvalue weighted by Gasteiger charge is 2.42. The second kappa shape index (κ2) is 10.9. The molecular formula is C26H34FNO4. The van der Waals surface area contributed by atoms with Gasteiger partial charge in [-0.05, 0) is 67.2 Å². The summed E-state index contributed by atoms with van der Waals surface area (Å²) in [5, 5.41) is 21.5. The van der Waals surface area contributed by atoms with E-state index in [1.54, 1.807) is 13.2 Å². The first-order valence-electron chi connectivity index (χ1n) is 11.5. The Kier molecular flexibility index (Phi) is 8.26. The molecule has 5 nitrogen and oxygen atoms in total. The summed E-state index contributed by atoms with van der Waals surface area (Å²) in [6.07, 6.45) is 2.98. The fraction of sp³-hybridized carbons (Fsp3) is 0.500. The summed E-state index contributed by atoms with van der Waals surface area (Å²) >= 11 is 0. The van der Waals surface area contributed by atoms with Crippen molar-refractivity contribution in [2.75, 3.05) is 26.8 Å². The van der Waals surface area contributed by atoms with Gasteiger partial charge < -0.3 is 19.8 Å². The molecule has 0 radical (unpaired) electrons. The van der Waals surface area contributed by atoms with Crippen LogP contribution in [0.3, 0.4) is 0 Å². The van der Waals surface area contributed by atoms with Crippen molar-refractivity contribution < 1.29 is 24.1 Å². The van der Waals surface area contributed by atoms with Gasteiger partial charge in [0.15, 0.2) is 0 Å². The maximum absolute atomic E-state index is 15.3. The Balaban J connectivity index is 2.03. The lowest BCUT2D eigenvalue weighted by atomic mass is 9.71. The number of hydrogen-bond donors (Lipinski definition) is 2. The van der Waals surface area contributed by atoms with Crippen LogP contribution in [0.1, 0.15) is 50.2 Å². The van der Waals surface area contributed by atoms with Gasteiger partial charge >= 0.3 is 6.09 Å². The molecule has 1 aliphatic rings. The first-order valence-corrected chi connectivity index (χ1v) is 11.5. The van der Waals surface area contributed by atoms with E-state index >= 15 is 4.39 Å². The number of nitrogens with zero attached hydrogens (tertiary/aromatic N) is 1. The van der Waals surface area contributed by atoms with Gasteiger partial charge in [-0.1, -0.05) is 43.3 Å². The van der Waals surface area contributed by atoms with E-state index in [0.717, 1.165) is 30.4 Å². The standard InChI is InChI=1S/C26H34FNO4/c1-3-19-8-6-9-20(18-19)24-22(10-7-11-23(24)27)26(31,14-4-5-17-32-2)21-12-15-28(16-13-21)25(29)30/h6-11,18,21,31H,3-5,12-17H2,1-2H3,(H,29,30). The zero-order chi connectivity index (χ0) is 23.1. The summed E-state index contributed by atoms with van der Waals surface area (Å²) in [6.45, 7) is 3.40. The molecule has 0 bridgehead atoms. The Morgan fingerprint density at radius 1 is 1.19 bits per heavy atom. The largest absolute Gasteiger partial charge is 0.465 e. The molecule has 2 N–H and O–H groups in total. The third kappa shape index (κ3) is 5.30. The number of ether oxygens (including phenoxy) is 1. The number of aryl methyl sites for hydroxylation is 1. The highest BCUT2D eigenvalue weighted by Crippen LogP contribution is 2.45. The molecule has 1 fully saturated rings. The first kappa shape index (κ1) is 24.2. The second-order valence-corrected chi connectivity index (χ2v) is 8.63. The number of rotatable bonds is 9. The maximum atomic E-state index is 15.3. The molecular weight excluding hydrogens is 409 g/mol. The first-order chi connectivity index (χ1) is 15.4. The van der Waals surface area contributed by atoms with Gasteiger partial charge in [-0.3, -0.25) is 0 Å². The Hall–Kier alpha value is -2.44. The number of amides is 1. The van der Waals surface area contributed by atoms with E-state index < -0.39 is 11.7 Å². The average molecular weight is 444 g/mol. The van der Waals surface area contributed by atoms with Crippen LogP contribution >= 0.6 is 0 Å². The van der Waals surface area contributed by atoms with E-state index in [1.807, 2.05) is 30.3 Å². The molecule has 1 atom stereocenters. The summed E-state index contributed by atoms with van der Waals surface area (Å²) < 4.78 is 20.4. The summed E-state index contributed by atoms with van der Waals surface area (Å²) in [4.78, 5) is 12.8. The molecule has 2 aromatic rings. The minimum Gasteiger partial charge on any atom is -0.465 e. The number of benzene rings is 2. The normalized spacial score (nSPS) is 16.7. The number of carboxylic acid groups (broad SMARTS) is 1. The lowest BCUT2D eigenvalue weighted by Crippen LogP contribution is -2.45. The molecule has 174 valence electrons. The molecule has 1 amide bonds. The van der Waals surface area contributed by atoms with Gasteiger partial charge in [0, 0.05) is 32.4 Å². The van der Waals surface area contributed by atoms with Crippen molar-refractivity contribution in [2.24, 2.45) is 5.92 Å². The van der Waals surface area contributed by atoms with Crippen molar-refractivity contribution in [2.45, 2.75) is 51.0 Å². The van der Waals surface area contributed by atoms with E-state index in [-0.39, 0.29) is 11.7 Å². The molecule has 1 aliphatic heterocycles. The fourth-order valence-electron chi connectivity index (χ4n) is 4.87. The molecule has 0 aromatic heterocycles. The minimum atomic E-state index is -1.25. The molecule has 0 saturated carbocycles. The molecule has 3 rings (SSSR count). The van der Waals surface area contributed by atoms with E-state index in [9.17, 15) is 15.0 Å². The zero-order valence-electron chi connectivity index (χ0n) is 19.0. The van der Waals surface area contributed by atoms with E-state index in [2.05, 4.69) is 6.92 Å². The van der Waals surface area contributed by atoms with Gasteiger partial charge in [0.25, 0.3) is 0 Å². The van der Waals surface area contributed by atoms with Crippen molar-refractivity contribution in [3.05, 3.63) is 59.4 Å². The van der Waals surface area contributed by atoms with Crippen LogP contribution < -0.4 is 0 Å². The number of piperidine rings is 1. The highest BCUT2D eigenvalue weighted by atomic mass is 19.1. The van der Waals surface area contributed by atoms with Crippen LogP contribution in [-0.2, 0) is 16.8 Å². The van der Waals surface area contributed by atoms with Crippen LogP contribution in [0.15, 0.2) is 42.5 Å². The molecule has 0 aliphatic carbocycles. The predicted octanol–water partition coefficient (Wildman–Crippen LogP) is 5.45. The average Bonchev–Trinajstić information content (AvgIpc) is 2.81. The highest BCUT2D eigenvalue weighted by molar-refractivity contribution is 5.70. The van der Waals surface area contributed by atoms with Gasteiger partial charge in [-0.2, -0.15) is 0 Å². The monoisotopic (exact) mass is 443 g/mol. The quantitative estimate of drug-likeness (QED) is 0.506. The predicted molar refractivity (Wildman–Crippen MR) is 123 cm³/mol. The topological polar surface area (TPSA) is 70.0 Å². The number of hydrogen-bond acceptors (Lipinski definition) is 3. The second-order valence-electron chi connectivity index (χ2n) is 8.63. The van der Waals surface area contributed by atoms with E-state index in [0.29, 0.717) is 50.1 Å². The third-order valence-electron chi connectivity index (χ3n) is 6.70. The van der Waals surface area contributed by atoms with Crippen LogP contribution in [0.5, 0.6) is 0 Å². The van der Waals surface area contributed by atoms with Gasteiger partial charge in [-0.25, -0.2) is 9.18 Å². The summed E-state index contributed by atoms with van der Waals surface area (Å²) in [6, 6.07) is 12.7. The zero-order valence-corrected chi connectivity index (χ0v) is 19.0. The fourth-order valence-corrected chi connectivity index (χ4v) is 4.87. The van der Waals surface area contributed by atoms with Crippen LogP contribution in [0.25, 0.3) is 11.1 Å². The number of unbranched alkanes of at least 4 members (excludes halogenated alkanes) is 1. The number of halogens is 1. The van der Waals surface area contributed by atoms with Crippen LogP contribution in [0.4, 0.5) is 9.18 Å². The van der Waals surface area contributed by atoms with Gasteiger partial charge in [0.2, 0.25) is 0 Å². The van der Waals surface area contributed by atoms with Crippen molar-refractivity contribution in [3.63, 3.8) is 0 Å². The van der Waals surface area contributed by atoms with Crippen LogP contribution in [0.2, 0.25) is 0 Å². The molecule has 2 aromatic carbocycles. The Morgan fingerprint density at radius 2 is 1.91 bits per heavy atom. The SMILES string of the molecule is CCc1cccc(-c2c(F)cccc2C(O)(CCCCOC)C2CCN(C(=O)O)CC2)c1. The molecule has 6 heteroatoms. The van der Waals surface area contributed by atoms with Crippen molar-refractivity contribution in [1.82, 2.24) is 4.90 Å².